The lowest BCUT2D eigenvalue weighted by Gasteiger charge is -1.96. The van der Waals surface area contributed by atoms with Gasteiger partial charge < -0.3 is 0 Å². The van der Waals surface area contributed by atoms with E-state index in [9.17, 15) is 0 Å². The number of fused-ring (bicyclic) bond motifs is 1. The molecule has 4 heteroatoms. The zero-order valence-electron chi connectivity index (χ0n) is 6.48. The predicted molar refractivity (Wildman–Crippen MR) is 67.2 cm³/mol. The molecule has 0 fully saturated rings. The molecule has 0 aliphatic carbocycles. The lowest BCUT2D eigenvalue weighted by molar-refractivity contribution is 1.52. The van der Waals surface area contributed by atoms with Crippen molar-refractivity contribution in [3.05, 3.63) is 32.6 Å². The van der Waals surface area contributed by atoms with E-state index in [0.29, 0.717) is 0 Å². The van der Waals surface area contributed by atoms with Gasteiger partial charge in [-0.05, 0) is 33.6 Å². The van der Waals surface area contributed by atoms with Crippen LogP contribution in [0.4, 0.5) is 0 Å². The Morgan fingerprint density at radius 3 is 2.85 bits per heavy atom. The zero-order valence-corrected chi connectivity index (χ0v) is 11.2. The normalized spacial score (nSPS) is 11.0. The molecule has 68 valence electrons. The third-order valence-corrected chi connectivity index (χ3v) is 4.67. The van der Waals surface area contributed by atoms with Gasteiger partial charge in [0.2, 0.25) is 0 Å². The fourth-order valence-corrected chi connectivity index (χ4v) is 4.56. The first-order chi connectivity index (χ1) is 6.24. The van der Waals surface area contributed by atoms with Gasteiger partial charge in [-0.15, -0.1) is 11.3 Å². The van der Waals surface area contributed by atoms with Crippen LogP contribution in [-0.4, -0.2) is 0 Å². The van der Waals surface area contributed by atoms with Crippen molar-refractivity contribution in [2.45, 2.75) is 5.33 Å². The van der Waals surface area contributed by atoms with Crippen LogP contribution in [0.1, 0.15) is 5.56 Å². The van der Waals surface area contributed by atoms with E-state index in [1.807, 2.05) is 12.1 Å². The van der Waals surface area contributed by atoms with Crippen molar-refractivity contribution in [2.24, 2.45) is 0 Å². The van der Waals surface area contributed by atoms with Gasteiger partial charge in [0, 0.05) is 20.4 Å². The van der Waals surface area contributed by atoms with Crippen LogP contribution in [0.2, 0.25) is 5.02 Å². The Hall–Kier alpha value is 0.430. The van der Waals surface area contributed by atoms with Crippen LogP contribution in [0, 0.1) is 0 Å². The molecule has 0 spiro atoms. The first kappa shape index (κ1) is 9.97. The smallest absolute Gasteiger partial charge is 0.0752 e. The van der Waals surface area contributed by atoms with Crippen molar-refractivity contribution < 1.29 is 0 Å². The number of halogens is 3. The van der Waals surface area contributed by atoms with Crippen molar-refractivity contribution >= 4 is 64.9 Å². The molecule has 0 unspecified atom stereocenters. The summed E-state index contributed by atoms with van der Waals surface area (Å²) in [4.78, 5) is 0. The summed E-state index contributed by atoms with van der Waals surface area (Å²) in [5, 5.41) is 2.82. The third kappa shape index (κ3) is 1.67. The van der Waals surface area contributed by atoms with Crippen molar-refractivity contribution in [3.8, 4) is 0 Å². The minimum absolute atomic E-state index is 0.828. The number of hydrogen-bond acceptors (Lipinski definition) is 1. The predicted octanol–water partition coefficient (Wildman–Crippen LogP) is 5.21. The minimum Gasteiger partial charge on any atom is -0.128 e. The molecule has 1 heterocycles. The summed E-state index contributed by atoms with van der Waals surface area (Å²) in [5.74, 6) is 0. The lowest BCUT2D eigenvalue weighted by atomic mass is 10.2. The molecular weight excluding hydrogens is 335 g/mol. The van der Waals surface area contributed by atoms with Crippen molar-refractivity contribution in [3.63, 3.8) is 0 Å². The summed E-state index contributed by atoms with van der Waals surface area (Å²) < 4.78 is 2.39. The molecule has 1 aromatic heterocycles. The van der Waals surface area contributed by atoms with Gasteiger partial charge in [-0.3, -0.25) is 0 Å². The maximum Gasteiger partial charge on any atom is 0.0752 e. The van der Waals surface area contributed by atoms with Gasteiger partial charge in [0.1, 0.15) is 0 Å². The Morgan fingerprint density at radius 1 is 1.38 bits per heavy atom. The zero-order chi connectivity index (χ0) is 9.42. The van der Waals surface area contributed by atoms with E-state index in [1.165, 1.54) is 10.3 Å². The first-order valence-electron chi connectivity index (χ1n) is 3.65. The Balaban J connectivity index is 2.88. The molecule has 2 aromatic rings. The molecule has 0 amide bonds. The molecule has 0 atom stereocenters. The Labute approximate surface area is 102 Å². The van der Waals surface area contributed by atoms with E-state index in [4.69, 9.17) is 11.6 Å². The second kappa shape index (κ2) is 3.89. The maximum atomic E-state index is 6.12. The van der Waals surface area contributed by atoms with Crippen LogP contribution in [0.15, 0.2) is 22.0 Å². The summed E-state index contributed by atoms with van der Waals surface area (Å²) >= 11 is 14.8. The topological polar surface area (TPSA) is 0 Å². The third-order valence-electron chi connectivity index (χ3n) is 1.85. The molecule has 0 nitrogen and oxygen atoms in total. The molecule has 0 aliphatic rings. The monoisotopic (exact) mass is 338 g/mol. The average Bonchev–Trinajstić information content (AvgIpc) is 2.42. The van der Waals surface area contributed by atoms with Crippen molar-refractivity contribution in [2.75, 3.05) is 0 Å². The number of rotatable bonds is 1. The van der Waals surface area contributed by atoms with Crippen LogP contribution in [-0.2, 0) is 5.33 Å². The highest BCUT2D eigenvalue weighted by molar-refractivity contribution is 9.11. The van der Waals surface area contributed by atoms with E-state index < -0.39 is 0 Å². The number of thiophene rings is 1. The van der Waals surface area contributed by atoms with E-state index in [-0.39, 0.29) is 0 Å². The highest BCUT2D eigenvalue weighted by atomic mass is 79.9. The van der Waals surface area contributed by atoms with Gasteiger partial charge in [0.15, 0.2) is 0 Å². The first-order valence-corrected chi connectivity index (χ1v) is 6.76. The number of alkyl halides is 1. The molecule has 13 heavy (non-hydrogen) atoms. The maximum absolute atomic E-state index is 6.12. The molecule has 1 aromatic carbocycles. The standard InChI is InChI=1S/C9H5Br2ClS/c10-4-5-8-6(12)2-1-3-7(8)13-9(5)11/h1-3H,4H2. The largest absolute Gasteiger partial charge is 0.128 e. The highest BCUT2D eigenvalue weighted by Crippen LogP contribution is 2.39. The van der Waals surface area contributed by atoms with Gasteiger partial charge in [0.25, 0.3) is 0 Å². The number of hydrogen-bond donors (Lipinski definition) is 0. The van der Waals surface area contributed by atoms with Gasteiger partial charge in [-0.2, -0.15) is 0 Å². The Kier molecular flexibility index (Phi) is 2.98. The van der Waals surface area contributed by atoms with E-state index >= 15 is 0 Å². The minimum atomic E-state index is 0.828. The van der Waals surface area contributed by atoms with Crippen LogP contribution in [0.25, 0.3) is 10.1 Å². The second-order valence-corrected chi connectivity index (χ2v) is 5.94. The molecule has 0 bridgehead atoms. The summed E-state index contributed by atoms with van der Waals surface area (Å²) in [6.45, 7) is 0. The number of benzene rings is 1. The molecular formula is C9H5Br2ClS. The molecule has 0 aliphatic heterocycles. The summed E-state index contributed by atoms with van der Waals surface area (Å²) in [6.07, 6.45) is 0. The quantitative estimate of drug-likeness (QED) is 0.625. The van der Waals surface area contributed by atoms with Crippen LogP contribution in [0.5, 0.6) is 0 Å². The van der Waals surface area contributed by atoms with Crippen LogP contribution in [0.3, 0.4) is 0 Å². The van der Waals surface area contributed by atoms with E-state index in [1.54, 1.807) is 11.3 Å². The average molecular weight is 340 g/mol. The van der Waals surface area contributed by atoms with Gasteiger partial charge in [0.05, 0.1) is 3.79 Å². The molecule has 0 N–H and O–H groups in total. The molecule has 0 saturated heterocycles. The molecule has 2 rings (SSSR count). The Bertz CT molecular complexity index is 450. The second-order valence-electron chi connectivity index (χ2n) is 2.60. The fraction of sp³-hybridized carbons (Fsp3) is 0.111. The fourth-order valence-electron chi connectivity index (χ4n) is 1.26. The van der Waals surface area contributed by atoms with Gasteiger partial charge >= 0.3 is 0 Å². The lowest BCUT2D eigenvalue weighted by Crippen LogP contribution is -1.75. The van der Waals surface area contributed by atoms with Crippen molar-refractivity contribution in [1.29, 1.82) is 0 Å². The van der Waals surface area contributed by atoms with E-state index in [2.05, 4.69) is 37.9 Å². The summed E-state index contributed by atoms with van der Waals surface area (Å²) in [7, 11) is 0. The molecule has 0 saturated carbocycles. The highest BCUT2D eigenvalue weighted by Gasteiger charge is 2.11. The Morgan fingerprint density at radius 2 is 2.15 bits per heavy atom. The molecule has 0 radical (unpaired) electrons. The summed E-state index contributed by atoms with van der Waals surface area (Å²) in [6, 6.07) is 5.99. The van der Waals surface area contributed by atoms with Crippen LogP contribution < -0.4 is 0 Å². The van der Waals surface area contributed by atoms with E-state index in [0.717, 1.165) is 19.5 Å². The van der Waals surface area contributed by atoms with Crippen molar-refractivity contribution in [1.82, 2.24) is 0 Å². The summed E-state index contributed by atoms with van der Waals surface area (Å²) in [5.41, 5.74) is 1.24. The van der Waals surface area contributed by atoms with Gasteiger partial charge in [-0.25, -0.2) is 0 Å². The van der Waals surface area contributed by atoms with Crippen LogP contribution >= 0.6 is 54.8 Å². The SMILES string of the molecule is Clc1cccc2sc(Br)c(CBr)c12. The van der Waals surface area contributed by atoms with Gasteiger partial charge in [-0.1, -0.05) is 33.6 Å².